The first-order valence-electron chi connectivity index (χ1n) is 5.75. The fraction of sp³-hybridized carbons (Fsp3) is 0.417. The predicted octanol–water partition coefficient (Wildman–Crippen LogP) is 1.30. The first-order chi connectivity index (χ1) is 8.59. The number of hydrogen-bond acceptors (Lipinski definition) is 3. The fourth-order valence-electron chi connectivity index (χ4n) is 2.08. The molecule has 1 aliphatic heterocycles. The maximum Gasteiger partial charge on any atom is 0.326 e. The van der Waals surface area contributed by atoms with E-state index in [4.69, 9.17) is 5.11 Å². The second-order valence-corrected chi connectivity index (χ2v) is 4.21. The molecule has 0 unspecified atom stereocenters. The van der Waals surface area contributed by atoms with Gasteiger partial charge in [0, 0.05) is 6.54 Å². The van der Waals surface area contributed by atoms with Crippen LogP contribution in [0.2, 0.25) is 0 Å². The van der Waals surface area contributed by atoms with Crippen LogP contribution in [-0.2, 0) is 4.79 Å². The summed E-state index contributed by atoms with van der Waals surface area (Å²) in [5.74, 6) is -1.99. The first kappa shape index (κ1) is 12.5. The number of likely N-dealkylation sites (tertiary alicyclic amines) is 1. The number of aliphatic carboxylic acids is 1. The molecule has 0 saturated carbocycles. The van der Waals surface area contributed by atoms with Gasteiger partial charge in [0.25, 0.3) is 5.91 Å². The van der Waals surface area contributed by atoms with Crippen molar-refractivity contribution in [1.82, 2.24) is 9.88 Å². The van der Waals surface area contributed by atoms with Gasteiger partial charge in [-0.15, -0.1) is 0 Å². The minimum Gasteiger partial charge on any atom is -0.480 e. The summed E-state index contributed by atoms with van der Waals surface area (Å²) in [5.41, 5.74) is 0.0737. The summed E-state index contributed by atoms with van der Waals surface area (Å²) in [5, 5.41) is 9.07. The minimum absolute atomic E-state index is 0.0737. The molecule has 2 rings (SSSR count). The van der Waals surface area contributed by atoms with Crippen LogP contribution in [0.25, 0.3) is 0 Å². The van der Waals surface area contributed by atoms with E-state index >= 15 is 0 Å². The monoisotopic (exact) mass is 252 g/mol. The van der Waals surface area contributed by atoms with E-state index in [0.29, 0.717) is 13.0 Å². The molecule has 0 aromatic carbocycles. The number of aromatic nitrogens is 1. The van der Waals surface area contributed by atoms with Gasteiger partial charge in [0.05, 0.1) is 6.20 Å². The van der Waals surface area contributed by atoms with Gasteiger partial charge in [-0.3, -0.25) is 4.79 Å². The number of carboxylic acids is 1. The number of rotatable bonds is 2. The Morgan fingerprint density at radius 2 is 2.17 bits per heavy atom. The molecule has 2 heterocycles. The van der Waals surface area contributed by atoms with Crippen LogP contribution in [0.1, 0.15) is 29.8 Å². The van der Waals surface area contributed by atoms with Gasteiger partial charge in [-0.05, 0) is 31.4 Å². The van der Waals surface area contributed by atoms with E-state index in [9.17, 15) is 14.0 Å². The molecule has 5 nitrogen and oxygen atoms in total. The van der Waals surface area contributed by atoms with E-state index in [1.165, 1.54) is 11.0 Å². The second-order valence-electron chi connectivity index (χ2n) is 4.21. The van der Waals surface area contributed by atoms with Crippen LogP contribution in [0.15, 0.2) is 18.3 Å². The summed E-state index contributed by atoms with van der Waals surface area (Å²) in [6, 6.07) is 1.60. The molecule has 1 fully saturated rings. The zero-order chi connectivity index (χ0) is 13.1. The first-order valence-corrected chi connectivity index (χ1v) is 5.75. The van der Waals surface area contributed by atoms with Crippen molar-refractivity contribution in [2.45, 2.75) is 25.3 Å². The maximum atomic E-state index is 12.7. The summed E-state index contributed by atoms with van der Waals surface area (Å²) in [6.45, 7) is 0.398. The van der Waals surface area contributed by atoms with Crippen LogP contribution >= 0.6 is 0 Å². The van der Waals surface area contributed by atoms with Gasteiger partial charge in [0.2, 0.25) is 0 Å². The second kappa shape index (κ2) is 5.12. The lowest BCUT2D eigenvalue weighted by molar-refractivity contribution is -0.143. The number of hydrogen-bond donors (Lipinski definition) is 1. The van der Waals surface area contributed by atoms with Crippen LogP contribution in [0, 0.1) is 5.82 Å². The minimum atomic E-state index is -1.01. The molecule has 1 aromatic heterocycles. The van der Waals surface area contributed by atoms with Crippen LogP contribution < -0.4 is 0 Å². The van der Waals surface area contributed by atoms with Gasteiger partial charge in [0.1, 0.15) is 17.6 Å². The van der Waals surface area contributed by atoms with Crippen molar-refractivity contribution in [3.05, 3.63) is 29.8 Å². The highest BCUT2D eigenvalue weighted by atomic mass is 19.1. The van der Waals surface area contributed by atoms with Crippen molar-refractivity contribution in [3.8, 4) is 0 Å². The molecule has 1 aliphatic rings. The molecule has 6 heteroatoms. The fourth-order valence-corrected chi connectivity index (χ4v) is 2.08. The standard InChI is InChI=1S/C12H13FN2O3/c13-8-4-5-9(14-7-8)11(16)15-6-2-1-3-10(15)12(17)18/h4-5,7,10H,1-3,6H2,(H,17,18)/t10-/m0/s1. The van der Waals surface area contributed by atoms with E-state index in [2.05, 4.69) is 4.98 Å². The van der Waals surface area contributed by atoms with Crippen LogP contribution in [0.4, 0.5) is 4.39 Å². The number of halogens is 1. The lowest BCUT2D eigenvalue weighted by atomic mass is 10.0. The van der Waals surface area contributed by atoms with Gasteiger partial charge in [-0.1, -0.05) is 0 Å². The molecular formula is C12H13FN2O3. The molecule has 1 N–H and O–H groups in total. The molecule has 0 bridgehead atoms. The smallest absolute Gasteiger partial charge is 0.326 e. The van der Waals surface area contributed by atoms with Crippen LogP contribution in [0.3, 0.4) is 0 Å². The number of pyridine rings is 1. The third-order valence-corrected chi connectivity index (χ3v) is 3.00. The molecule has 1 amide bonds. The molecule has 1 saturated heterocycles. The summed E-state index contributed by atoms with van der Waals surface area (Å²) in [4.78, 5) is 28.2. The van der Waals surface area contributed by atoms with E-state index in [0.717, 1.165) is 25.1 Å². The average molecular weight is 252 g/mol. The van der Waals surface area contributed by atoms with Crippen molar-refractivity contribution in [3.63, 3.8) is 0 Å². The zero-order valence-corrected chi connectivity index (χ0v) is 9.67. The highest BCUT2D eigenvalue weighted by Gasteiger charge is 2.32. The third-order valence-electron chi connectivity index (χ3n) is 3.00. The third kappa shape index (κ3) is 2.47. The molecule has 1 aromatic rings. The highest BCUT2D eigenvalue weighted by Crippen LogP contribution is 2.19. The summed E-state index contributed by atoms with van der Waals surface area (Å²) >= 11 is 0. The van der Waals surface area contributed by atoms with Gasteiger partial charge >= 0.3 is 5.97 Å². The normalized spacial score (nSPS) is 19.6. The quantitative estimate of drug-likeness (QED) is 0.861. The van der Waals surface area contributed by atoms with E-state index in [1.807, 2.05) is 0 Å². The van der Waals surface area contributed by atoms with Crippen molar-refractivity contribution in [1.29, 1.82) is 0 Å². The van der Waals surface area contributed by atoms with Crippen molar-refractivity contribution in [2.24, 2.45) is 0 Å². The summed E-state index contributed by atoms with van der Waals surface area (Å²) in [7, 11) is 0. The molecular weight excluding hydrogens is 239 g/mol. The molecule has 0 spiro atoms. The molecule has 1 atom stereocenters. The Morgan fingerprint density at radius 1 is 1.39 bits per heavy atom. The van der Waals surface area contributed by atoms with Crippen LogP contribution in [-0.4, -0.2) is 39.5 Å². The van der Waals surface area contributed by atoms with Crippen LogP contribution in [0.5, 0.6) is 0 Å². The molecule has 0 radical (unpaired) electrons. The van der Waals surface area contributed by atoms with Crippen molar-refractivity contribution in [2.75, 3.05) is 6.54 Å². The Kier molecular flexibility index (Phi) is 3.55. The van der Waals surface area contributed by atoms with E-state index in [1.54, 1.807) is 0 Å². The number of piperidine rings is 1. The maximum absolute atomic E-state index is 12.7. The van der Waals surface area contributed by atoms with Gasteiger partial charge in [0.15, 0.2) is 0 Å². The molecule has 0 aliphatic carbocycles. The van der Waals surface area contributed by atoms with Gasteiger partial charge < -0.3 is 10.0 Å². The number of amides is 1. The zero-order valence-electron chi connectivity index (χ0n) is 9.67. The Balaban J connectivity index is 2.20. The number of nitrogens with zero attached hydrogens (tertiary/aromatic N) is 2. The Bertz CT molecular complexity index is 461. The highest BCUT2D eigenvalue weighted by molar-refractivity contribution is 5.95. The largest absolute Gasteiger partial charge is 0.480 e. The number of carbonyl (C=O) groups is 2. The summed E-state index contributed by atoms with van der Waals surface area (Å²) < 4.78 is 12.7. The lowest BCUT2D eigenvalue weighted by Gasteiger charge is -2.32. The van der Waals surface area contributed by atoms with E-state index in [-0.39, 0.29) is 5.69 Å². The Hall–Kier alpha value is -1.98. The van der Waals surface area contributed by atoms with Gasteiger partial charge in [-0.25, -0.2) is 14.2 Å². The van der Waals surface area contributed by atoms with Crippen molar-refractivity contribution >= 4 is 11.9 Å². The lowest BCUT2D eigenvalue weighted by Crippen LogP contribution is -2.48. The molecule has 18 heavy (non-hydrogen) atoms. The Morgan fingerprint density at radius 3 is 2.78 bits per heavy atom. The topological polar surface area (TPSA) is 70.5 Å². The van der Waals surface area contributed by atoms with E-state index < -0.39 is 23.7 Å². The SMILES string of the molecule is O=C(O)[C@@H]1CCCCN1C(=O)c1ccc(F)cn1. The predicted molar refractivity (Wildman–Crippen MR) is 60.5 cm³/mol. The van der Waals surface area contributed by atoms with Crippen molar-refractivity contribution < 1.29 is 19.1 Å². The van der Waals surface area contributed by atoms with Gasteiger partial charge in [-0.2, -0.15) is 0 Å². The number of carboxylic acid groups (broad SMARTS) is 1. The number of carbonyl (C=O) groups excluding carboxylic acids is 1. The molecule has 96 valence electrons. The average Bonchev–Trinajstić information content (AvgIpc) is 2.39. The Labute approximate surface area is 103 Å². The summed E-state index contributed by atoms with van der Waals surface area (Å²) in [6.07, 6.45) is 2.96.